The molecule has 0 amide bonds. The van der Waals surface area contributed by atoms with Crippen LogP contribution in [0.3, 0.4) is 0 Å². The summed E-state index contributed by atoms with van der Waals surface area (Å²) < 4.78 is 11.0. The van der Waals surface area contributed by atoms with Gasteiger partial charge in [-0.3, -0.25) is 0 Å². The van der Waals surface area contributed by atoms with Gasteiger partial charge in [-0.2, -0.15) is 0 Å². The highest BCUT2D eigenvalue weighted by molar-refractivity contribution is 6.30. The van der Waals surface area contributed by atoms with E-state index >= 15 is 0 Å². The van der Waals surface area contributed by atoms with Crippen LogP contribution in [-0.4, -0.2) is 5.16 Å². The van der Waals surface area contributed by atoms with Gasteiger partial charge in [-0.05, 0) is 19.1 Å². The third kappa shape index (κ3) is 2.32. The average molecular weight is 338 g/mol. The highest BCUT2D eigenvalue weighted by Gasteiger charge is 2.21. The van der Waals surface area contributed by atoms with Crippen molar-refractivity contribution in [3.8, 4) is 22.6 Å². The number of halogens is 1. The van der Waals surface area contributed by atoms with Gasteiger partial charge in [0.25, 0.3) is 0 Å². The number of aromatic nitrogens is 1. The van der Waals surface area contributed by atoms with E-state index in [4.69, 9.17) is 20.5 Å². The van der Waals surface area contributed by atoms with Gasteiger partial charge in [0.1, 0.15) is 16.8 Å². The zero-order chi connectivity index (χ0) is 16.7. The van der Waals surface area contributed by atoms with Crippen LogP contribution >= 0.6 is 11.6 Å². The number of benzene rings is 2. The van der Waals surface area contributed by atoms with Gasteiger partial charge in [-0.15, -0.1) is 0 Å². The van der Waals surface area contributed by atoms with Crippen LogP contribution in [0.1, 0.15) is 5.56 Å². The monoisotopic (exact) mass is 337 g/mol. The molecule has 0 unspecified atom stereocenters. The molecule has 24 heavy (non-hydrogen) atoms. The smallest absolute Gasteiger partial charge is 0.349 e. The minimum atomic E-state index is -0.472. The van der Waals surface area contributed by atoms with E-state index in [2.05, 4.69) is 5.16 Å². The fourth-order valence-electron chi connectivity index (χ4n) is 2.73. The molecule has 0 saturated heterocycles. The molecule has 0 aliphatic heterocycles. The Labute approximate surface area is 142 Å². The fourth-order valence-corrected chi connectivity index (χ4v) is 2.85. The normalized spacial score (nSPS) is 11.1. The van der Waals surface area contributed by atoms with E-state index in [1.165, 1.54) is 0 Å². The summed E-state index contributed by atoms with van der Waals surface area (Å²) in [6.07, 6.45) is 0. The minimum absolute atomic E-state index is 0.342. The Morgan fingerprint density at radius 3 is 2.38 bits per heavy atom. The number of rotatable bonds is 2. The molecule has 2 aromatic heterocycles. The molecule has 2 heterocycles. The summed E-state index contributed by atoms with van der Waals surface area (Å²) in [7, 11) is 0. The van der Waals surface area contributed by atoms with Crippen LogP contribution in [0.4, 0.5) is 0 Å². The molecular weight excluding hydrogens is 326 g/mol. The van der Waals surface area contributed by atoms with Crippen molar-refractivity contribution in [2.75, 3.05) is 0 Å². The van der Waals surface area contributed by atoms with Crippen LogP contribution in [0.15, 0.2) is 68.3 Å². The number of hydrogen-bond donors (Lipinski definition) is 0. The summed E-state index contributed by atoms with van der Waals surface area (Å²) >= 11 is 5.91. The van der Waals surface area contributed by atoms with Crippen LogP contribution in [0.2, 0.25) is 5.02 Å². The van der Waals surface area contributed by atoms with Crippen LogP contribution in [-0.2, 0) is 0 Å². The summed E-state index contributed by atoms with van der Waals surface area (Å²) in [4.78, 5) is 12.6. The Hall–Kier alpha value is -2.85. The predicted octanol–water partition coefficient (Wildman–Crippen LogP) is 5.08. The van der Waals surface area contributed by atoms with Crippen molar-refractivity contribution in [3.05, 3.63) is 75.6 Å². The third-order valence-corrected chi connectivity index (χ3v) is 4.18. The topological polar surface area (TPSA) is 56.2 Å². The van der Waals surface area contributed by atoms with E-state index in [0.29, 0.717) is 27.4 Å². The van der Waals surface area contributed by atoms with Crippen LogP contribution in [0, 0.1) is 6.92 Å². The van der Waals surface area contributed by atoms with Gasteiger partial charge in [-0.25, -0.2) is 4.79 Å². The quantitative estimate of drug-likeness (QED) is 0.512. The molecule has 4 rings (SSSR count). The van der Waals surface area contributed by atoms with Gasteiger partial charge in [0.2, 0.25) is 0 Å². The Kier molecular flexibility index (Phi) is 3.47. The number of fused-ring (bicyclic) bond motifs is 1. The summed E-state index contributed by atoms with van der Waals surface area (Å²) in [5.41, 5.74) is 2.73. The lowest BCUT2D eigenvalue weighted by Crippen LogP contribution is -2.02. The first kappa shape index (κ1) is 14.7. The first-order valence-corrected chi connectivity index (χ1v) is 7.77. The van der Waals surface area contributed by atoms with E-state index in [1.807, 2.05) is 37.3 Å². The molecule has 0 radical (unpaired) electrons. The SMILES string of the molecule is Cc1c(-c2ccccc2)oc(=O)c2c(-c3ccc(Cl)cc3)noc12. The van der Waals surface area contributed by atoms with Crippen molar-refractivity contribution in [3.63, 3.8) is 0 Å². The van der Waals surface area contributed by atoms with Gasteiger partial charge in [0.05, 0.1) is 0 Å². The van der Waals surface area contributed by atoms with E-state index in [1.54, 1.807) is 24.3 Å². The van der Waals surface area contributed by atoms with Crippen LogP contribution in [0.5, 0.6) is 0 Å². The van der Waals surface area contributed by atoms with E-state index < -0.39 is 5.63 Å². The molecule has 0 spiro atoms. The van der Waals surface area contributed by atoms with Gasteiger partial charge in [0.15, 0.2) is 5.58 Å². The molecule has 118 valence electrons. The molecule has 0 aliphatic rings. The summed E-state index contributed by atoms with van der Waals surface area (Å²) in [6, 6.07) is 16.5. The lowest BCUT2D eigenvalue weighted by molar-refractivity contribution is 0.454. The first-order chi connectivity index (χ1) is 11.6. The molecule has 0 atom stereocenters. The molecular formula is C19H12ClNO3. The molecule has 0 fully saturated rings. The first-order valence-electron chi connectivity index (χ1n) is 7.39. The lowest BCUT2D eigenvalue weighted by atomic mass is 10.0. The van der Waals surface area contributed by atoms with Crippen molar-refractivity contribution in [1.29, 1.82) is 0 Å². The van der Waals surface area contributed by atoms with Crippen LogP contribution in [0.25, 0.3) is 33.6 Å². The molecule has 4 aromatic rings. The van der Waals surface area contributed by atoms with Crippen LogP contribution < -0.4 is 5.63 Å². The molecule has 0 N–H and O–H groups in total. The molecule has 5 heteroatoms. The number of nitrogens with zero attached hydrogens (tertiary/aromatic N) is 1. The van der Waals surface area contributed by atoms with E-state index in [9.17, 15) is 4.79 Å². The van der Waals surface area contributed by atoms with Gasteiger partial charge >= 0.3 is 5.63 Å². The summed E-state index contributed by atoms with van der Waals surface area (Å²) in [6.45, 7) is 1.85. The van der Waals surface area contributed by atoms with Crippen molar-refractivity contribution < 1.29 is 8.94 Å². The second-order valence-electron chi connectivity index (χ2n) is 5.45. The average Bonchev–Trinajstić information content (AvgIpc) is 3.05. The van der Waals surface area contributed by atoms with Crippen molar-refractivity contribution >= 4 is 22.6 Å². The fraction of sp³-hybridized carbons (Fsp3) is 0.0526. The summed E-state index contributed by atoms with van der Waals surface area (Å²) in [5.74, 6) is 0.493. The van der Waals surface area contributed by atoms with Gasteiger partial charge in [-0.1, -0.05) is 59.2 Å². The third-order valence-electron chi connectivity index (χ3n) is 3.93. The van der Waals surface area contributed by atoms with Crippen molar-refractivity contribution in [1.82, 2.24) is 5.16 Å². The van der Waals surface area contributed by atoms with Crippen molar-refractivity contribution in [2.45, 2.75) is 6.92 Å². The standard InChI is InChI=1S/C19H12ClNO3/c1-11-17(13-5-3-2-4-6-13)23-19(22)15-16(21-24-18(11)15)12-7-9-14(20)10-8-12/h2-10H,1H3. The minimum Gasteiger partial charge on any atom is -0.422 e. The second kappa shape index (κ2) is 5.65. The zero-order valence-electron chi connectivity index (χ0n) is 12.7. The maximum Gasteiger partial charge on any atom is 0.349 e. The maximum absolute atomic E-state index is 12.6. The maximum atomic E-state index is 12.6. The Balaban J connectivity index is 1.97. The zero-order valence-corrected chi connectivity index (χ0v) is 13.5. The molecule has 4 nitrogen and oxygen atoms in total. The predicted molar refractivity (Wildman–Crippen MR) is 93.2 cm³/mol. The Morgan fingerprint density at radius 2 is 1.67 bits per heavy atom. The number of aryl methyl sites for hydroxylation is 1. The highest BCUT2D eigenvalue weighted by atomic mass is 35.5. The molecule has 0 bridgehead atoms. The Bertz CT molecular complexity index is 1080. The summed E-state index contributed by atoms with van der Waals surface area (Å²) in [5, 5.41) is 5.03. The van der Waals surface area contributed by atoms with Gasteiger partial charge in [0, 0.05) is 21.7 Å². The molecule has 2 aromatic carbocycles. The lowest BCUT2D eigenvalue weighted by Gasteiger charge is -2.04. The number of hydrogen-bond acceptors (Lipinski definition) is 4. The Morgan fingerprint density at radius 1 is 0.958 bits per heavy atom. The molecule has 0 saturated carbocycles. The van der Waals surface area contributed by atoms with E-state index in [-0.39, 0.29) is 0 Å². The largest absolute Gasteiger partial charge is 0.422 e. The highest BCUT2D eigenvalue weighted by Crippen LogP contribution is 2.32. The van der Waals surface area contributed by atoms with Gasteiger partial charge < -0.3 is 8.94 Å². The molecule has 0 aliphatic carbocycles. The second-order valence-corrected chi connectivity index (χ2v) is 5.89. The van der Waals surface area contributed by atoms with E-state index in [0.717, 1.165) is 16.7 Å². The van der Waals surface area contributed by atoms with Crippen molar-refractivity contribution in [2.24, 2.45) is 0 Å².